The van der Waals surface area contributed by atoms with E-state index in [1.54, 1.807) is 0 Å². The SMILES string of the molecule is CNc1cccc2c1CCC(C1CCC(=O)NC1=O)C2=O. The molecule has 1 aromatic rings. The van der Waals surface area contributed by atoms with Gasteiger partial charge in [0.25, 0.3) is 0 Å². The van der Waals surface area contributed by atoms with Crippen molar-refractivity contribution in [2.75, 3.05) is 12.4 Å². The molecule has 110 valence electrons. The Balaban J connectivity index is 1.89. The van der Waals surface area contributed by atoms with E-state index < -0.39 is 0 Å². The van der Waals surface area contributed by atoms with Gasteiger partial charge >= 0.3 is 0 Å². The third kappa shape index (κ3) is 2.33. The first-order valence-electron chi connectivity index (χ1n) is 7.29. The fourth-order valence-corrected chi connectivity index (χ4v) is 3.43. The third-order valence-corrected chi connectivity index (χ3v) is 4.52. The summed E-state index contributed by atoms with van der Waals surface area (Å²) in [6.45, 7) is 0. The largest absolute Gasteiger partial charge is 0.388 e. The minimum absolute atomic E-state index is 0.0304. The van der Waals surface area contributed by atoms with Gasteiger partial charge in [-0.05, 0) is 30.9 Å². The van der Waals surface area contributed by atoms with E-state index in [9.17, 15) is 14.4 Å². The average Bonchev–Trinajstić information content (AvgIpc) is 2.48. The molecule has 1 heterocycles. The van der Waals surface area contributed by atoms with E-state index in [4.69, 9.17) is 0 Å². The molecule has 5 heteroatoms. The van der Waals surface area contributed by atoms with Crippen LogP contribution in [-0.4, -0.2) is 24.6 Å². The third-order valence-electron chi connectivity index (χ3n) is 4.52. The Kier molecular flexibility index (Phi) is 3.49. The number of rotatable bonds is 2. The number of hydrogen-bond acceptors (Lipinski definition) is 4. The van der Waals surface area contributed by atoms with Crippen LogP contribution in [0, 0.1) is 11.8 Å². The first kappa shape index (κ1) is 13.8. The van der Waals surface area contributed by atoms with Crippen molar-refractivity contribution < 1.29 is 14.4 Å². The lowest BCUT2D eigenvalue weighted by molar-refractivity contribution is -0.137. The molecule has 2 amide bonds. The molecule has 1 saturated heterocycles. The van der Waals surface area contributed by atoms with Gasteiger partial charge in [0.2, 0.25) is 11.8 Å². The average molecular weight is 286 g/mol. The van der Waals surface area contributed by atoms with Crippen molar-refractivity contribution in [3.63, 3.8) is 0 Å². The normalized spacial score (nSPS) is 25.3. The first-order chi connectivity index (χ1) is 10.1. The van der Waals surface area contributed by atoms with Crippen molar-refractivity contribution >= 4 is 23.3 Å². The maximum absolute atomic E-state index is 12.7. The lowest BCUT2D eigenvalue weighted by Crippen LogP contribution is -2.46. The minimum Gasteiger partial charge on any atom is -0.388 e. The number of carbonyl (C=O) groups excluding carboxylic acids is 3. The second-order valence-corrected chi connectivity index (χ2v) is 5.65. The molecule has 2 atom stereocenters. The molecule has 0 saturated carbocycles. The second kappa shape index (κ2) is 5.31. The summed E-state index contributed by atoms with van der Waals surface area (Å²) in [7, 11) is 1.84. The van der Waals surface area contributed by atoms with Crippen molar-refractivity contribution in [3.05, 3.63) is 29.3 Å². The zero-order valence-electron chi connectivity index (χ0n) is 11.9. The van der Waals surface area contributed by atoms with Crippen LogP contribution < -0.4 is 10.6 Å². The highest BCUT2D eigenvalue weighted by molar-refractivity contribution is 6.06. The van der Waals surface area contributed by atoms with Crippen molar-refractivity contribution in [1.82, 2.24) is 5.32 Å². The van der Waals surface area contributed by atoms with Crippen LogP contribution in [0.15, 0.2) is 18.2 Å². The second-order valence-electron chi connectivity index (χ2n) is 5.65. The van der Waals surface area contributed by atoms with Gasteiger partial charge in [-0.3, -0.25) is 19.7 Å². The lowest BCUT2D eigenvalue weighted by atomic mass is 9.73. The van der Waals surface area contributed by atoms with E-state index >= 15 is 0 Å². The summed E-state index contributed by atoms with van der Waals surface area (Å²) in [5, 5.41) is 5.46. The molecule has 1 aliphatic carbocycles. The molecule has 0 radical (unpaired) electrons. The van der Waals surface area contributed by atoms with Gasteiger partial charge in [0.1, 0.15) is 0 Å². The molecule has 1 fully saturated rings. The van der Waals surface area contributed by atoms with Crippen molar-refractivity contribution in [2.24, 2.45) is 11.8 Å². The molecule has 21 heavy (non-hydrogen) atoms. The number of anilines is 1. The molecular formula is C16H18N2O3. The number of imide groups is 1. The summed E-state index contributed by atoms with van der Waals surface area (Å²) in [6, 6.07) is 5.64. The number of hydrogen-bond donors (Lipinski definition) is 2. The molecule has 1 aromatic carbocycles. The van der Waals surface area contributed by atoms with Gasteiger partial charge < -0.3 is 5.32 Å². The van der Waals surface area contributed by atoms with Crippen molar-refractivity contribution in [1.29, 1.82) is 0 Å². The molecule has 5 nitrogen and oxygen atoms in total. The van der Waals surface area contributed by atoms with E-state index in [0.29, 0.717) is 24.8 Å². The zero-order chi connectivity index (χ0) is 15.0. The van der Waals surface area contributed by atoms with Gasteiger partial charge in [0.15, 0.2) is 5.78 Å². The van der Waals surface area contributed by atoms with Crippen molar-refractivity contribution in [3.8, 4) is 0 Å². The van der Waals surface area contributed by atoms with Crippen LogP contribution in [0.25, 0.3) is 0 Å². The quantitative estimate of drug-likeness (QED) is 0.808. The van der Waals surface area contributed by atoms with Crippen LogP contribution in [-0.2, 0) is 16.0 Å². The molecule has 0 aromatic heterocycles. The summed E-state index contributed by atoms with van der Waals surface area (Å²) in [5.74, 6) is -1.18. The number of benzene rings is 1. The number of Topliss-reactive ketones (excluding diaryl/α,β-unsaturated/α-hetero) is 1. The standard InChI is InChI=1S/C16H18N2O3/c1-17-13-4-2-3-10-9(13)5-6-11(15(10)20)12-7-8-14(19)18-16(12)21/h2-4,11-12,17H,5-8H2,1H3,(H,18,19,21). The Hall–Kier alpha value is -2.17. The van der Waals surface area contributed by atoms with Gasteiger partial charge in [-0.2, -0.15) is 0 Å². The number of fused-ring (bicyclic) bond motifs is 1. The van der Waals surface area contributed by atoms with E-state index in [0.717, 1.165) is 17.7 Å². The maximum Gasteiger partial charge on any atom is 0.230 e. The fourth-order valence-electron chi connectivity index (χ4n) is 3.43. The Morgan fingerprint density at radius 3 is 2.57 bits per heavy atom. The van der Waals surface area contributed by atoms with E-state index in [1.807, 2.05) is 25.2 Å². The highest BCUT2D eigenvalue weighted by Gasteiger charge is 2.40. The Labute approximate surface area is 123 Å². The van der Waals surface area contributed by atoms with Gasteiger partial charge in [0.05, 0.1) is 0 Å². The van der Waals surface area contributed by atoms with E-state index in [-0.39, 0.29) is 29.4 Å². The fraction of sp³-hybridized carbons (Fsp3) is 0.438. The molecular weight excluding hydrogens is 268 g/mol. The van der Waals surface area contributed by atoms with Crippen LogP contribution in [0.3, 0.4) is 0 Å². The van der Waals surface area contributed by atoms with Crippen LogP contribution in [0.5, 0.6) is 0 Å². The van der Waals surface area contributed by atoms with Crippen LogP contribution in [0.1, 0.15) is 35.2 Å². The first-order valence-corrected chi connectivity index (χ1v) is 7.29. The van der Waals surface area contributed by atoms with Gasteiger partial charge in [-0.15, -0.1) is 0 Å². The smallest absolute Gasteiger partial charge is 0.230 e. The number of nitrogens with one attached hydrogen (secondary N) is 2. The monoisotopic (exact) mass is 286 g/mol. The van der Waals surface area contributed by atoms with Crippen LogP contribution in [0.4, 0.5) is 5.69 Å². The molecule has 2 unspecified atom stereocenters. The summed E-state index contributed by atoms with van der Waals surface area (Å²) in [6.07, 6.45) is 2.24. The Morgan fingerprint density at radius 2 is 1.86 bits per heavy atom. The topological polar surface area (TPSA) is 75.3 Å². The highest BCUT2D eigenvalue weighted by Crippen LogP contribution is 2.36. The predicted molar refractivity (Wildman–Crippen MR) is 78.0 cm³/mol. The number of ketones is 1. The zero-order valence-corrected chi connectivity index (χ0v) is 11.9. The summed E-state index contributed by atoms with van der Waals surface area (Å²) >= 11 is 0. The molecule has 2 N–H and O–H groups in total. The van der Waals surface area contributed by atoms with E-state index in [2.05, 4.69) is 10.6 Å². The highest BCUT2D eigenvalue weighted by atomic mass is 16.2. The summed E-state index contributed by atoms with van der Waals surface area (Å²) in [5.41, 5.74) is 2.72. The van der Waals surface area contributed by atoms with Crippen molar-refractivity contribution in [2.45, 2.75) is 25.7 Å². The Morgan fingerprint density at radius 1 is 1.10 bits per heavy atom. The molecule has 2 aliphatic rings. The Bertz CT molecular complexity index is 624. The number of carbonyl (C=O) groups is 3. The van der Waals surface area contributed by atoms with Gasteiger partial charge in [-0.25, -0.2) is 0 Å². The van der Waals surface area contributed by atoms with Gasteiger partial charge in [0, 0.05) is 36.6 Å². The summed E-state index contributed by atoms with van der Waals surface area (Å²) < 4.78 is 0. The molecule has 0 spiro atoms. The predicted octanol–water partition coefficient (Wildman–Crippen LogP) is 1.53. The molecule has 1 aliphatic heterocycles. The van der Waals surface area contributed by atoms with Crippen LogP contribution in [0.2, 0.25) is 0 Å². The lowest BCUT2D eigenvalue weighted by Gasteiger charge is -2.32. The maximum atomic E-state index is 12.7. The molecule has 0 bridgehead atoms. The van der Waals surface area contributed by atoms with E-state index in [1.165, 1.54) is 0 Å². The summed E-state index contributed by atoms with van der Waals surface area (Å²) in [4.78, 5) is 35.9. The number of amides is 2. The van der Waals surface area contributed by atoms with Crippen LogP contribution >= 0.6 is 0 Å². The van der Waals surface area contributed by atoms with Gasteiger partial charge in [-0.1, -0.05) is 12.1 Å². The minimum atomic E-state index is -0.374. The number of piperidine rings is 1. The molecule has 3 rings (SSSR count).